The number of nitrogens with two attached hydrogens (primary N) is 1. The summed E-state index contributed by atoms with van der Waals surface area (Å²) in [5.74, 6) is -1.45. The van der Waals surface area contributed by atoms with E-state index in [1.807, 2.05) is 6.92 Å². The first-order valence-corrected chi connectivity index (χ1v) is 8.31. The van der Waals surface area contributed by atoms with Gasteiger partial charge in [-0.3, -0.25) is 9.59 Å². The van der Waals surface area contributed by atoms with Gasteiger partial charge in [0.15, 0.2) is 0 Å². The van der Waals surface area contributed by atoms with Crippen LogP contribution in [-0.2, 0) is 11.3 Å². The topological polar surface area (TPSA) is 133 Å². The number of hydrogen-bond donors (Lipinski definition) is 2. The van der Waals surface area contributed by atoms with Crippen molar-refractivity contribution in [1.82, 2.24) is 9.78 Å². The lowest BCUT2D eigenvalue weighted by Crippen LogP contribution is -2.22. The van der Waals surface area contributed by atoms with E-state index in [-0.39, 0.29) is 22.4 Å². The summed E-state index contributed by atoms with van der Waals surface area (Å²) < 4.78 is 1.44. The molecule has 0 unspecified atom stereocenters. The first-order valence-electron chi connectivity index (χ1n) is 6.70. The SMILES string of the molecule is Cc1sc(NC(=O)Cn2nc([N+](=O)[O-])c(Br)c2C)c(C(N)=O)c1C. The van der Waals surface area contributed by atoms with Gasteiger partial charge < -0.3 is 21.2 Å². The van der Waals surface area contributed by atoms with Crippen molar-refractivity contribution in [1.29, 1.82) is 0 Å². The van der Waals surface area contributed by atoms with Gasteiger partial charge in [0.1, 0.15) is 16.0 Å². The molecule has 9 nitrogen and oxygen atoms in total. The van der Waals surface area contributed by atoms with Crippen molar-refractivity contribution in [3.63, 3.8) is 0 Å². The van der Waals surface area contributed by atoms with Gasteiger partial charge in [-0.05, 0) is 47.2 Å². The van der Waals surface area contributed by atoms with Crippen LogP contribution < -0.4 is 11.1 Å². The normalized spacial score (nSPS) is 10.7. The number of carbonyl (C=O) groups is 2. The second kappa shape index (κ2) is 6.69. The Hall–Kier alpha value is -2.27. The number of hydrogen-bond acceptors (Lipinski definition) is 6. The third-order valence-corrected chi connectivity index (χ3v) is 5.52. The molecule has 0 atom stereocenters. The fourth-order valence-corrected chi connectivity index (χ4v) is 3.60. The van der Waals surface area contributed by atoms with Crippen LogP contribution in [-0.4, -0.2) is 26.5 Å². The molecule has 0 saturated heterocycles. The quantitative estimate of drug-likeness (QED) is 0.570. The molecule has 11 heteroatoms. The fraction of sp³-hybridized carbons (Fsp3) is 0.308. The number of carbonyl (C=O) groups excluding carboxylic acids is 2. The van der Waals surface area contributed by atoms with Crippen molar-refractivity contribution in [2.24, 2.45) is 5.73 Å². The molecule has 0 aliphatic carbocycles. The Morgan fingerprint density at radius 2 is 2.04 bits per heavy atom. The Kier molecular flexibility index (Phi) is 5.04. The highest BCUT2D eigenvalue weighted by atomic mass is 79.9. The minimum absolute atomic E-state index is 0.223. The van der Waals surface area contributed by atoms with Gasteiger partial charge in [-0.2, -0.15) is 4.68 Å². The highest BCUT2D eigenvalue weighted by Gasteiger charge is 2.25. The molecule has 0 aromatic carbocycles. The van der Waals surface area contributed by atoms with Crippen LogP contribution in [0.1, 0.15) is 26.5 Å². The van der Waals surface area contributed by atoms with E-state index in [0.717, 1.165) is 10.4 Å². The minimum Gasteiger partial charge on any atom is -0.365 e. The molecule has 2 amide bonds. The van der Waals surface area contributed by atoms with Gasteiger partial charge in [0.25, 0.3) is 5.91 Å². The Morgan fingerprint density at radius 1 is 1.42 bits per heavy atom. The van der Waals surface area contributed by atoms with Crippen LogP contribution in [0, 0.1) is 30.9 Å². The summed E-state index contributed by atoms with van der Waals surface area (Å²) in [7, 11) is 0. The molecular formula is C13H14BrN5O4S. The minimum atomic E-state index is -0.636. The van der Waals surface area contributed by atoms with Gasteiger partial charge >= 0.3 is 5.82 Å². The summed E-state index contributed by atoms with van der Waals surface area (Å²) in [6, 6.07) is 0. The molecular weight excluding hydrogens is 402 g/mol. The maximum atomic E-state index is 12.2. The third-order valence-electron chi connectivity index (χ3n) is 3.47. The van der Waals surface area contributed by atoms with Gasteiger partial charge in [-0.25, -0.2) is 0 Å². The number of rotatable bonds is 5. The molecule has 2 rings (SSSR count). The van der Waals surface area contributed by atoms with Crippen LogP contribution in [0.3, 0.4) is 0 Å². The predicted molar refractivity (Wildman–Crippen MR) is 92.3 cm³/mol. The van der Waals surface area contributed by atoms with Crippen molar-refractivity contribution in [2.45, 2.75) is 27.3 Å². The Morgan fingerprint density at radius 3 is 2.54 bits per heavy atom. The van der Waals surface area contributed by atoms with Crippen LogP contribution >= 0.6 is 27.3 Å². The average Bonchev–Trinajstić information content (AvgIpc) is 2.90. The van der Waals surface area contributed by atoms with E-state index >= 15 is 0 Å². The number of nitrogens with one attached hydrogen (secondary N) is 1. The largest absolute Gasteiger partial charge is 0.404 e. The van der Waals surface area contributed by atoms with Crippen molar-refractivity contribution in [2.75, 3.05) is 5.32 Å². The highest BCUT2D eigenvalue weighted by Crippen LogP contribution is 2.32. The summed E-state index contributed by atoms with van der Waals surface area (Å²) in [5.41, 5.74) is 6.80. The lowest BCUT2D eigenvalue weighted by Gasteiger charge is -2.04. The number of thiophene rings is 1. The zero-order valence-electron chi connectivity index (χ0n) is 13.0. The average molecular weight is 416 g/mol. The van der Waals surface area contributed by atoms with Crippen molar-refractivity contribution in [3.8, 4) is 0 Å². The van der Waals surface area contributed by atoms with Crippen LogP contribution in [0.2, 0.25) is 0 Å². The second-order valence-electron chi connectivity index (χ2n) is 5.04. The fourth-order valence-electron chi connectivity index (χ4n) is 2.09. The maximum absolute atomic E-state index is 12.2. The molecule has 0 bridgehead atoms. The first kappa shape index (κ1) is 18.1. The number of amides is 2. The summed E-state index contributed by atoms with van der Waals surface area (Å²) in [6.45, 7) is 4.94. The molecule has 128 valence electrons. The highest BCUT2D eigenvalue weighted by molar-refractivity contribution is 9.10. The first-order chi connectivity index (χ1) is 11.1. The van der Waals surface area contributed by atoms with E-state index in [4.69, 9.17) is 5.73 Å². The van der Waals surface area contributed by atoms with Gasteiger partial charge in [0.05, 0.1) is 16.4 Å². The summed E-state index contributed by atoms with van der Waals surface area (Å²) in [4.78, 5) is 34.9. The second-order valence-corrected chi connectivity index (χ2v) is 7.06. The van der Waals surface area contributed by atoms with E-state index in [0.29, 0.717) is 10.7 Å². The molecule has 2 aromatic heterocycles. The lowest BCUT2D eigenvalue weighted by molar-refractivity contribution is -0.390. The number of primary amides is 1. The van der Waals surface area contributed by atoms with Crippen LogP contribution in [0.25, 0.3) is 0 Å². The zero-order chi connectivity index (χ0) is 18.2. The van der Waals surface area contributed by atoms with Crippen LogP contribution in [0.5, 0.6) is 0 Å². The summed E-state index contributed by atoms with van der Waals surface area (Å²) >= 11 is 4.33. The van der Waals surface area contributed by atoms with Gasteiger partial charge in [-0.1, -0.05) is 0 Å². The van der Waals surface area contributed by atoms with Crippen LogP contribution in [0.4, 0.5) is 10.8 Å². The summed E-state index contributed by atoms with van der Waals surface area (Å²) in [6.07, 6.45) is 0. The maximum Gasteiger partial charge on any atom is 0.404 e. The number of anilines is 1. The molecule has 3 N–H and O–H groups in total. The Labute approximate surface area is 149 Å². The van der Waals surface area contributed by atoms with Gasteiger partial charge in [0, 0.05) is 4.88 Å². The Bertz CT molecular complexity index is 857. The molecule has 0 saturated carbocycles. The van der Waals surface area contributed by atoms with E-state index in [2.05, 4.69) is 26.3 Å². The van der Waals surface area contributed by atoms with Crippen molar-refractivity contribution < 1.29 is 14.5 Å². The summed E-state index contributed by atoms with van der Waals surface area (Å²) in [5, 5.41) is 17.6. The standard InChI is InChI=1S/C13H14BrN5O4S/c1-5-7(3)24-13(9(5)11(15)21)16-8(20)4-18-6(2)10(14)12(17-18)19(22)23/h4H2,1-3H3,(H2,15,21)(H,16,20). The van der Waals surface area contributed by atoms with Gasteiger partial charge in [-0.15, -0.1) is 11.3 Å². The molecule has 24 heavy (non-hydrogen) atoms. The van der Waals surface area contributed by atoms with Gasteiger partial charge in [0.2, 0.25) is 5.91 Å². The molecule has 0 aliphatic rings. The molecule has 0 fully saturated rings. The van der Waals surface area contributed by atoms with E-state index in [9.17, 15) is 19.7 Å². The van der Waals surface area contributed by atoms with E-state index in [1.54, 1.807) is 13.8 Å². The number of aryl methyl sites for hydroxylation is 1. The number of nitrogens with zero attached hydrogens (tertiary/aromatic N) is 3. The van der Waals surface area contributed by atoms with Crippen LogP contribution in [0.15, 0.2) is 4.47 Å². The predicted octanol–water partition coefficient (Wildman–Crippen LogP) is 2.28. The molecule has 0 radical (unpaired) electrons. The van der Waals surface area contributed by atoms with Crippen molar-refractivity contribution in [3.05, 3.63) is 36.3 Å². The molecule has 0 spiro atoms. The monoisotopic (exact) mass is 415 g/mol. The lowest BCUT2D eigenvalue weighted by atomic mass is 10.1. The van der Waals surface area contributed by atoms with Crippen molar-refractivity contribution >= 4 is 49.9 Å². The number of nitro groups is 1. The smallest absolute Gasteiger partial charge is 0.365 e. The molecule has 0 aliphatic heterocycles. The molecule has 2 aromatic rings. The van der Waals surface area contributed by atoms with E-state index in [1.165, 1.54) is 16.0 Å². The Balaban J connectivity index is 2.24. The van der Waals surface area contributed by atoms with E-state index < -0.39 is 16.7 Å². The third kappa shape index (κ3) is 3.31. The number of aromatic nitrogens is 2. The number of halogens is 1. The zero-order valence-corrected chi connectivity index (χ0v) is 15.4. The molecule has 2 heterocycles.